The van der Waals surface area contributed by atoms with Crippen LogP contribution in [0, 0.1) is 20.2 Å². The third kappa shape index (κ3) is 6.20. The summed E-state index contributed by atoms with van der Waals surface area (Å²) in [6.45, 7) is 0.934. The first-order valence-corrected chi connectivity index (χ1v) is 11.4. The second-order valence-corrected chi connectivity index (χ2v) is 8.09. The molecule has 4 N–H and O–H groups in total. The summed E-state index contributed by atoms with van der Waals surface area (Å²) in [6, 6.07) is 17.5. The molecule has 0 aliphatic rings. The van der Waals surface area contributed by atoms with Crippen LogP contribution >= 0.6 is 0 Å². The highest BCUT2D eigenvalue weighted by molar-refractivity contribution is 5.86. The van der Waals surface area contributed by atoms with Crippen LogP contribution in [0.5, 0.6) is 0 Å². The molecule has 2 aromatic carbocycles. The van der Waals surface area contributed by atoms with Crippen molar-refractivity contribution < 1.29 is 14.6 Å². The molecule has 0 spiro atoms. The lowest BCUT2D eigenvalue weighted by Gasteiger charge is -2.15. The van der Waals surface area contributed by atoms with Crippen LogP contribution in [0.4, 0.5) is 23.1 Å². The van der Waals surface area contributed by atoms with Crippen molar-refractivity contribution in [2.45, 2.75) is 5.92 Å². The van der Waals surface area contributed by atoms with Crippen LogP contribution in [0.15, 0.2) is 79.1 Å². The van der Waals surface area contributed by atoms with Crippen molar-refractivity contribution in [3.05, 3.63) is 110 Å². The molecular formula is C25H22N8O5. The minimum Gasteiger partial charge on any atom is -0.369 e. The van der Waals surface area contributed by atoms with Crippen molar-refractivity contribution in [2.24, 2.45) is 5.73 Å². The highest BCUT2D eigenvalue weighted by Crippen LogP contribution is 2.29. The SMILES string of the molecule is NC(=O)C(c1ccc(-c2ccnc(NCCNc3ccc([N+](=O)[O-])cn3)n2)cc1)c1cccc([N+](=O)[O-])c1. The van der Waals surface area contributed by atoms with E-state index in [1.165, 1.54) is 36.5 Å². The number of benzene rings is 2. The van der Waals surface area contributed by atoms with Crippen LogP contribution in [0.2, 0.25) is 0 Å². The predicted molar refractivity (Wildman–Crippen MR) is 139 cm³/mol. The third-order valence-corrected chi connectivity index (χ3v) is 5.57. The molecule has 38 heavy (non-hydrogen) atoms. The fraction of sp³-hybridized carbons (Fsp3) is 0.120. The van der Waals surface area contributed by atoms with Gasteiger partial charge in [0.25, 0.3) is 11.4 Å². The summed E-state index contributed by atoms with van der Waals surface area (Å²) >= 11 is 0. The Morgan fingerprint density at radius 1 is 0.868 bits per heavy atom. The number of nitrogens with two attached hydrogens (primary N) is 1. The molecule has 13 heteroatoms. The van der Waals surface area contributed by atoms with Crippen molar-refractivity contribution in [3.8, 4) is 11.3 Å². The number of nitro groups is 2. The van der Waals surface area contributed by atoms with Gasteiger partial charge < -0.3 is 16.4 Å². The number of carbonyl (C=O) groups excluding carboxylic acids is 1. The van der Waals surface area contributed by atoms with Crippen LogP contribution in [0.25, 0.3) is 11.3 Å². The van der Waals surface area contributed by atoms with Crippen molar-refractivity contribution >= 4 is 29.0 Å². The first kappa shape index (κ1) is 25.6. The van der Waals surface area contributed by atoms with E-state index >= 15 is 0 Å². The topological polar surface area (TPSA) is 192 Å². The molecule has 0 bridgehead atoms. The number of anilines is 2. The Morgan fingerprint density at radius 2 is 1.61 bits per heavy atom. The van der Waals surface area contributed by atoms with Gasteiger partial charge in [0.15, 0.2) is 0 Å². The smallest absolute Gasteiger partial charge is 0.287 e. The molecule has 4 rings (SSSR count). The average Bonchev–Trinajstić information content (AvgIpc) is 2.92. The van der Waals surface area contributed by atoms with Crippen molar-refractivity contribution in [2.75, 3.05) is 23.7 Å². The average molecular weight is 515 g/mol. The number of pyridine rings is 1. The van der Waals surface area contributed by atoms with Crippen molar-refractivity contribution in [1.82, 2.24) is 15.0 Å². The summed E-state index contributed by atoms with van der Waals surface area (Å²) < 4.78 is 0. The Bertz CT molecular complexity index is 1460. The van der Waals surface area contributed by atoms with E-state index < -0.39 is 21.7 Å². The van der Waals surface area contributed by atoms with E-state index in [1.54, 1.807) is 42.6 Å². The summed E-state index contributed by atoms with van der Waals surface area (Å²) in [4.78, 5) is 45.8. The second-order valence-electron chi connectivity index (χ2n) is 8.09. The summed E-state index contributed by atoms with van der Waals surface area (Å²) in [5, 5.41) is 28.0. The quantitative estimate of drug-likeness (QED) is 0.151. The molecule has 192 valence electrons. The van der Waals surface area contributed by atoms with Gasteiger partial charge in [-0.3, -0.25) is 25.0 Å². The third-order valence-electron chi connectivity index (χ3n) is 5.57. The number of nitrogens with one attached hydrogen (secondary N) is 2. The predicted octanol–water partition coefficient (Wildman–Crippen LogP) is 3.50. The minimum absolute atomic E-state index is 0.0823. The van der Waals surface area contributed by atoms with Crippen LogP contribution < -0.4 is 16.4 Å². The molecule has 2 heterocycles. The molecule has 0 saturated carbocycles. The molecule has 0 radical (unpaired) electrons. The number of rotatable bonds is 11. The van der Waals surface area contributed by atoms with Gasteiger partial charge in [0.1, 0.15) is 12.0 Å². The zero-order valence-electron chi connectivity index (χ0n) is 19.9. The minimum atomic E-state index is -0.843. The van der Waals surface area contributed by atoms with Gasteiger partial charge in [-0.1, -0.05) is 36.4 Å². The van der Waals surface area contributed by atoms with Gasteiger partial charge in [-0.15, -0.1) is 0 Å². The number of hydrogen-bond acceptors (Lipinski definition) is 10. The van der Waals surface area contributed by atoms with Crippen molar-refractivity contribution in [3.63, 3.8) is 0 Å². The second kappa shape index (κ2) is 11.5. The Morgan fingerprint density at radius 3 is 2.26 bits per heavy atom. The lowest BCUT2D eigenvalue weighted by Crippen LogP contribution is -2.22. The van der Waals surface area contributed by atoms with E-state index in [0.717, 1.165) is 5.56 Å². The number of amides is 1. The van der Waals surface area contributed by atoms with Crippen molar-refractivity contribution in [1.29, 1.82) is 0 Å². The van der Waals surface area contributed by atoms with Gasteiger partial charge >= 0.3 is 0 Å². The number of hydrogen-bond donors (Lipinski definition) is 3. The van der Waals surface area contributed by atoms with E-state index in [-0.39, 0.29) is 11.4 Å². The van der Waals surface area contributed by atoms with Crippen LogP contribution in [0.3, 0.4) is 0 Å². The zero-order chi connectivity index (χ0) is 27.1. The summed E-state index contributed by atoms with van der Waals surface area (Å²) in [5.41, 5.74) is 7.88. The highest BCUT2D eigenvalue weighted by Gasteiger charge is 2.22. The Hall–Kier alpha value is -5.46. The normalized spacial score (nSPS) is 11.4. The summed E-state index contributed by atoms with van der Waals surface area (Å²) in [5.74, 6) is -0.559. The lowest BCUT2D eigenvalue weighted by atomic mass is 9.89. The van der Waals surface area contributed by atoms with Gasteiger partial charge in [-0.2, -0.15) is 0 Å². The van der Waals surface area contributed by atoms with Crippen LogP contribution in [-0.2, 0) is 4.79 Å². The molecule has 0 saturated heterocycles. The largest absolute Gasteiger partial charge is 0.369 e. The van der Waals surface area contributed by atoms with Crippen LogP contribution in [-0.4, -0.2) is 43.8 Å². The molecule has 13 nitrogen and oxygen atoms in total. The number of carbonyl (C=O) groups is 1. The molecule has 0 aliphatic carbocycles. The summed E-state index contributed by atoms with van der Waals surface area (Å²) in [7, 11) is 0. The molecule has 1 unspecified atom stereocenters. The molecule has 4 aromatic rings. The van der Waals surface area contributed by atoms with E-state index in [0.29, 0.717) is 41.7 Å². The maximum Gasteiger partial charge on any atom is 0.287 e. The first-order chi connectivity index (χ1) is 18.3. The Labute approximate surface area is 216 Å². The monoisotopic (exact) mass is 514 g/mol. The van der Waals surface area contributed by atoms with E-state index in [9.17, 15) is 25.0 Å². The Balaban J connectivity index is 1.41. The molecule has 1 amide bonds. The van der Waals surface area contributed by atoms with E-state index in [1.807, 2.05) is 0 Å². The maximum atomic E-state index is 12.2. The van der Waals surface area contributed by atoms with E-state index in [2.05, 4.69) is 25.6 Å². The lowest BCUT2D eigenvalue weighted by molar-refractivity contribution is -0.385. The Kier molecular flexibility index (Phi) is 7.77. The molecule has 2 aromatic heterocycles. The van der Waals surface area contributed by atoms with E-state index in [4.69, 9.17) is 5.73 Å². The maximum absolute atomic E-state index is 12.2. The number of aromatic nitrogens is 3. The standard InChI is InChI=1S/C25H22N8O5/c26-24(34)23(18-2-1-3-19(14-18)32(35)36)17-6-4-16(5-7-17)21-10-11-28-25(31-21)29-13-12-27-22-9-8-20(15-30-22)33(37)38/h1-11,14-15,23H,12-13H2,(H2,26,34)(H,27,30)(H,28,29,31). The number of primary amides is 1. The first-order valence-electron chi connectivity index (χ1n) is 11.4. The fourth-order valence-corrected chi connectivity index (χ4v) is 3.75. The van der Waals surface area contributed by atoms with Crippen LogP contribution in [0.1, 0.15) is 17.0 Å². The molecule has 0 fully saturated rings. The molecule has 0 aliphatic heterocycles. The zero-order valence-corrected chi connectivity index (χ0v) is 19.9. The van der Waals surface area contributed by atoms with Gasteiger partial charge in [0, 0.05) is 43.0 Å². The van der Waals surface area contributed by atoms with Gasteiger partial charge in [-0.05, 0) is 23.3 Å². The number of nitro benzene ring substituents is 1. The van der Waals surface area contributed by atoms with Gasteiger partial charge in [0.2, 0.25) is 11.9 Å². The fourth-order valence-electron chi connectivity index (χ4n) is 3.75. The van der Waals surface area contributed by atoms with Gasteiger partial charge in [0.05, 0.1) is 21.5 Å². The number of nitrogens with zero attached hydrogens (tertiary/aromatic N) is 5. The highest BCUT2D eigenvalue weighted by atomic mass is 16.6. The molecular weight excluding hydrogens is 492 g/mol. The van der Waals surface area contributed by atoms with Gasteiger partial charge in [-0.25, -0.2) is 15.0 Å². The number of non-ortho nitro benzene ring substituents is 1. The summed E-state index contributed by atoms with van der Waals surface area (Å²) in [6.07, 6.45) is 2.79. The molecule has 1 atom stereocenters.